The van der Waals surface area contributed by atoms with Gasteiger partial charge in [-0.25, -0.2) is 0 Å². The Morgan fingerprint density at radius 3 is 2.39 bits per heavy atom. The number of aryl methyl sites for hydroxylation is 2. The number of carbonyl (C=O) groups is 2. The average Bonchev–Trinajstić information content (AvgIpc) is 3.16. The van der Waals surface area contributed by atoms with Crippen molar-refractivity contribution in [2.75, 3.05) is 37.6 Å². The number of aromatic nitrogens is 2. The fraction of sp³-hybridized carbons (Fsp3) is 0.346. The van der Waals surface area contributed by atoms with Crippen LogP contribution in [0.2, 0.25) is 0 Å². The van der Waals surface area contributed by atoms with Crippen LogP contribution < -0.4 is 10.2 Å². The van der Waals surface area contributed by atoms with E-state index in [9.17, 15) is 9.59 Å². The van der Waals surface area contributed by atoms with Crippen molar-refractivity contribution >= 4 is 17.5 Å². The zero-order chi connectivity index (χ0) is 23.2. The third kappa shape index (κ3) is 5.80. The number of rotatable bonds is 7. The summed E-state index contributed by atoms with van der Waals surface area (Å²) in [6.07, 6.45) is 0.308. The maximum atomic E-state index is 12.6. The number of nitrogens with zero attached hydrogens (tertiary/aromatic N) is 4. The van der Waals surface area contributed by atoms with Gasteiger partial charge in [0.25, 0.3) is 5.91 Å². The number of hydrogen-bond donors (Lipinski definition) is 1. The normalized spacial score (nSPS) is 13.8. The molecule has 0 atom stereocenters. The predicted molar refractivity (Wildman–Crippen MR) is 129 cm³/mol. The minimum Gasteiger partial charge on any atom is -0.368 e. The van der Waals surface area contributed by atoms with E-state index in [2.05, 4.69) is 27.4 Å². The molecule has 3 aromatic rings. The molecule has 1 aliphatic heterocycles. The first kappa shape index (κ1) is 22.6. The molecule has 1 saturated heterocycles. The smallest absolute Gasteiger partial charge is 0.251 e. The number of benzene rings is 2. The van der Waals surface area contributed by atoms with Gasteiger partial charge in [0.2, 0.25) is 5.91 Å². The SMILES string of the molecule is Cc1cc(C)n(Cc2cccc(C(=O)NCCC(=O)N3CCN(c4ccccc4)CC3)c2)n1. The Morgan fingerprint density at radius 1 is 0.939 bits per heavy atom. The molecule has 1 fully saturated rings. The summed E-state index contributed by atoms with van der Waals surface area (Å²) in [7, 11) is 0. The van der Waals surface area contributed by atoms with Gasteiger partial charge in [-0.2, -0.15) is 5.10 Å². The average molecular weight is 446 g/mol. The molecule has 0 unspecified atom stereocenters. The van der Waals surface area contributed by atoms with E-state index in [-0.39, 0.29) is 11.8 Å². The number of nitrogens with one attached hydrogen (secondary N) is 1. The van der Waals surface area contributed by atoms with E-state index in [4.69, 9.17) is 0 Å². The van der Waals surface area contributed by atoms with Gasteiger partial charge in [0.1, 0.15) is 0 Å². The first-order chi connectivity index (χ1) is 16.0. The van der Waals surface area contributed by atoms with E-state index in [1.54, 1.807) is 6.07 Å². The molecule has 0 bridgehead atoms. The van der Waals surface area contributed by atoms with Crippen LogP contribution in [-0.2, 0) is 11.3 Å². The summed E-state index contributed by atoms with van der Waals surface area (Å²) in [6.45, 7) is 8.00. The fourth-order valence-corrected chi connectivity index (χ4v) is 4.21. The number of piperazine rings is 1. The standard InChI is InChI=1S/C26H31N5O2/c1-20-17-21(2)31(28-20)19-22-7-6-8-23(18-22)26(33)27-12-11-25(32)30-15-13-29(14-16-30)24-9-4-3-5-10-24/h3-10,17-18H,11-16,19H2,1-2H3,(H,27,33). The fourth-order valence-electron chi connectivity index (χ4n) is 4.21. The van der Waals surface area contributed by atoms with E-state index < -0.39 is 0 Å². The topological polar surface area (TPSA) is 70.5 Å². The second kappa shape index (κ2) is 10.3. The third-order valence-corrected chi connectivity index (χ3v) is 6.00. The molecule has 0 spiro atoms. The molecule has 7 nitrogen and oxygen atoms in total. The van der Waals surface area contributed by atoms with Gasteiger partial charge in [0.05, 0.1) is 12.2 Å². The van der Waals surface area contributed by atoms with Gasteiger partial charge in [-0.1, -0.05) is 30.3 Å². The van der Waals surface area contributed by atoms with E-state index in [1.165, 1.54) is 5.69 Å². The first-order valence-electron chi connectivity index (χ1n) is 11.5. The molecule has 172 valence electrons. The van der Waals surface area contributed by atoms with Crippen LogP contribution in [-0.4, -0.2) is 59.2 Å². The highest BCUT2D eigenvalue weighted by Crippen LogP contribution is 2.16. The zero-order valence-electron chi connectivity index (χ0n) is 19.3. The lowest BCUT2D eigenvalue weighted by atomic mass is 10.1. The maximum Gasteiger partial charge on any atom is 0.251 e. The lowest BCUT2D eigenvalue weighted by Gasteiger charge is -2.36. The van der Waals surface area contributed by atoms with E-state index in [0.29, 0.717) is 38.2 Å². The lowest BCUT2D eigenvalue weighted by molar-refractivity contribution is -0.131. The molecule has 2 aromatic carbocycles. The van der Waals surface area contributed by atoms with Crippen molar-refractivity contribution in [3.63, 3.8) is 0 Å². The van der Waals surface area contributed by atoms with Crippen molar-refractivity contribution < 1.29 is 9.59 Å². The molecule has 0 aliphatic carbocycles. The Labute approximate surface area is 195 Å². The summed E-state index contributed by atoms with van der Waals surface area (Å²) in [4.78, 5) is 29.4. The summed E-state index contributed by atoms with van der Waals surface area (Å²) in [6, 6.07) is 19.9. The monoisotopic (exact) mass is 445 g/mol. The maximum absolute atomic E-state index is 12.6. The van der Waals surface area contributed by atoms with Crippen LogP contribution in [0.3, 0.4) is 0 Å². The van der Waals surface area contributed by atoms with Gasteiger partial charge >= 0.3 is 0 Å². The summed E-state index contributed by atoms with van der Waals surface area (Å²) in [5.41, 5.74) is 4.87. The van der Waals surface area contributed by atoms with Crippen LogP contribution in [0.5, 0.6) is 0 Å². The lowest BCUT2D eigenvalue weighted by Crippen LogP contribution is -2.49. The Balaban J connectivity index is 1.23. The molecular formula is C26H31N5O2. The third-order valence-electron chi connectivity index (χ3n) is 6.00. The minimum atomic E-state index is -0.160. The molecule has 2 heterocycles. The van der Waals surface area contributed by atoms with Crippen molar-refractivity contribution in [3.05, 3.63) is 83.2 Å². The van der Waals surface area contributed by atoms with Crippen LogP contribution in [0, 0.1) is 13.8 Å². The van der Waals surface area contributed by atoms with Gasteiger partial charge in [-0.3, -0.25) is 14.3 Å². The molecule has 4 rings (SSSR count). The number of carbonyl (C=O) groups excluding carboxylic acids is 2. The largest absolute Gasteiger partial charge is 0.368 e. The number of para-hydroxylation sites is 1. The summed E-state index contributed by atoms with van der Waals surface area (Å²) < 4.78 is 1.93. The molecule has 1 aliphatic rings. The summed E-state index contributed by atoms with van der Waals surface area (Å²) in [5, 5.41) is 7.38. The Kier molecular flexibility index (Phi) is 7.07. The summed E-state index contributed by atoms with van der Waals surface area (Å²) >= 11 is 0. The molecule has 0 radical (unpaired) electrons. The molecule has 0 saturated carbocycles. The van der Waals surface area contributed by atoms with Gasteiger partial charge in [0.15, 0.2) is 0 Å². The molecular weight excluding hydrogens is 414 g/mol. The van der Waals surface area contributed by atoms with Crippen molar-refractivity contribution in [2.24, 2.45) is 0 Å². The quantitative estimate of drug-likeness (QED) is 0.607. The van der Waals surface area contributed by atoms with Crippen molar-refractivity contribution in [2.45, 2.75) is 26.8 Å². The van der Waals surface area contributed by atoms with E-state index in [1.807, 2.05) is 65.9 Å². The van der Waals surface area contributed by atoms with Gasteiger partial charge < -0.3 is 15.1 Å². The van der Waals surface area contributed by atoms with Gasteiger partial charge in [-0.05, 0) is 49.7 Å². The van der Waals surface area contributed by atoms with Crippen LogP contribution in [0.4, 0.5) is 5.69 Å². The van der Waals surface area contributed by atoms with Gasteiger partial charge in [0, 0.05) is 56.1 Å². The van der Waals surface area contributed by atoms with Crippen molar-refractivity contribution in [1.29, 1.82) is 0 Å². The molecule has 1 N–H and O–H groups in total. The second-order valence-electron chi connectivity index (χ2n) is 8.49. The number of hydrogen-bond acceptors (Lipinski definition) is 4. The Hall–Kier alpha value is -3.61. The minimum absolute atomic E-state index is 0.0845. The van der Waals surface area contributed by atoms with Crippen LogP contribution in [0.15, 0.2) is 60.7 Å². The number of amides is 2. The van der Waals surface area contributed by atoms with E-state index in [0.717, 1.165) is 30.0 Å². The van der Waals surface area contributed by atoms with Crippen molar-refractivity contribution in [1.82, 2.24) is 20.0 Å². The van der Waals surface area contributed by atoms with Crippen LogP contribution in [0.25, 0.3) is 0 Å². The Morgan fingerprint density at radius 2 is 1.70 bits per heavy atom. The highest BCUT2D eigenvalue weighted by atomic mass is 16.2. The Bertz CT molecular complexity index is 1100. The molecule has 2 amide bonds. The van der Waals surface area contributed by atoms with Crippen LogP contribution >= 0.6 is 0 Å². The summed E-state index contributed by atoms with van der Waals surface area (Å²) in [5.74, 6) is -0.0757. The van der Waals surface area contributed by atoms with E-state index >= 15 is 0 Å². The van der Waals surface area contributed by atoms with Gasteiger partial charge in [-0.15, -0.1) is 0 Å². The predicted octanol–water partition coefficient (Wildman–Crippen LogP) is 3.02. The zero-order valence-corrected chi connectivity index (χ0v) is 19.3. The number of anilines is 1. The second-order valence-corrected chi connectivity index (χ2v) is 8.49. The molecule has 1 aromatic heterocycles. The molecule has 7 heteroatoms. The first-order valence-corrected chi connectivity index (χ1v) is 11.5. The molecule has 33 heavy (non-hydrogen) atoms. The highest BCUT2D eigenvalue weighted by Gasteiger charge is 2.21. The highest BCUT2D eigenvalue weighted by molar-refractivity contribution is 5.94. The van der Waals surface area contributed by atoms with Crippen LogP contribution in [0.1, 0.15) is 33.7 Å². The van der Waals surface area contributed by atoms with Crippen molar-refractivity contribution in [3.8, 4) is 0 Å².